The Hall–Kier alpha value is -1.78. The van der Waals surface area contributed by atoms with E-state index in [1.165, 1.54) is 6.20 Å². The molecule has 2 aromatic rings. The number of carbonyl (C=O) groups excluding carboxylic acids is 1. The Bertz CT molecular complexity index is 541. The van der Waals surface area contributed by atoms with E-state index in [2.05, 4.69) is 10.3 Å². The van der Waals surface area contributed by atoms with Gasteiger partial charge in [0.05, 0.1) is 21.9 Å². The lowest BCUT2D eigenvalue weighted by Gasteiger charge is -2.09. The maximum absolute atomic E-state index is 11.6. The Kier molecular flexibility index (Phi) is 4.02. The molecule has 92 valence electrons. The highest BCUT2D eigenvalue weighted by Gasteiger charge is 2.10. The van der Waals surface area contributed by atoms with Crippen molar-refractivity contribution < 1.29 is 9.53 Å². The third kappa shape index (κ3) is 3.12. The van der Waals surface area contributed by atoms with E-state index < -0.39 is 6.09 Å². The summed E-state index contributed by atoms with van der Waals surface area (Å²) in [6, 6.07) is 8.19. The third-order valence-corrected chi connectivity index (χ3v) is 2.66. The Morgan fingerprint density at radius 1 is 1.17 bits per heavy atom. The molecule has 4 nitrogen and oxygen atoms in total. The molecule has 1 N–H and O–H groups in total. The number of ether oxygens (including phenoxy) is 1. The summed E-state index contributed by atoms with van der Waals surface area (Å²) in [6.07, 6.45) is 2.32. The number of nitrogens with one attached hydrogen (secondary N) is 1. The number of halogens is 2. The number of benzene rings is 1. The Labute approximate surface area is 114 Å². The van der Waals surface area contributed by atoms with Crippen molar-refractivity contribution in [3.8, 4) is 5.75 Å². The van der Waals surface area contributed by atoms with Gasteiger partial charge in [0.2, 0.25) is 0 Å². The van der Waals surface area contributed by atoms with E-state index in [0.29, 0.717) is 21.5 Å². The zero-order chi connectivity index (χ0) is 13.0. The summed E-state index contributed by atoms with van der Waals surface area (Å²) < 4.78 is 5.00. The number of hydrogen-bond donors (Lipinski definition) is 1. The van der Waals surface area contributed by atoms with Gasteiger partial charge in [0.25, 0.3) is 0 Å². The first-order valence-corrected chi connectivity index (χ1v) is 5.75. The summed E-state index contributed by atoms with van der Waals surface area (Å²) in [5, 5.41) is 3.15. The second-order valence-electron chi connectivity index (χ2n) is 3.30. The van der Waals surface area contributed by atoms with E-state index in [4.69, 9.17) is 27.9 Å². The number of hydrogen-bond acceptors (Lipinski definition) is 3. The Balaban J connectivity index is 2.08. The minimum Gasteiger partial charge on any atom is -0.408 e. The zero-order valence-corrected chi connectivity index (χ0v) is 10.6. The van der Waals surface area contributed by atoms with Crippen LogP contribution < -0.4 is 10.1 Å². The highest BCUT2D eigenvalue weighted by atomic mass is 35.5. The van der Waals surface area contributed by atoms with E-state index in [-0.39, 0.29) is 0 Å². The maximum atomic E-state index is 11.6. The second-order valence-corrected chi connectivity index (χ2v) is 4.11. The number of rotatable bonds is 2. The van der Waals surface area contributed by atoms with Gasteiger partial charge in [-0.25, -0.2) is 4.79 Å². The molecule has 0 aliphatic heterocycles. The quantitative estimate of drug-likeness (QED) is 0.906. The van der Waals surface area contributed by atoms with Crippen molar-refractivity contribution in [3.05, 3.63) is 52.8 Å². The SMILES string of the molecule is O=C(Nc1c(Cl)cccc1Cl)Oc1cccnc1. The lowest BCUT2D eigenvalue weighted by Crippen LogP contribution is -2.17. The third-order valence-electron chi connectivity index (χ3n) is 2.03. The first kappa shape index (κ1) is 12.7. The summed E-state index contributed by atoms with van der Waals surface area (Å²) in [5.74, 6) is 0.332. The molecule has 0 atom stereocenters. The van der Waals surface area contributed by atoms with Gasteiger partial charge in [-0.15, -0.1) is 0 Å². The molecule has 0 saturated heterocycles. The number of amides is 1. The first-order valence-electron chi connectivity index (χ1n) is 4.99. The van der Waals surface area contributed by atoms with E-state index in [1.807, 2.05) is 0 Å². The van der Waals surface area contributed by atoms with Crippen molar-refractivity contribution in [3.63, 3.8) is 0 Å². The van der Waals surface area contributed by atoms with Crippen molar-refractivity contribution in [2.45, 2.75) is 0 Å². The van der Waals surface area contributed by atoms with Crippen LogP contribution in [-0.4, -0.2) is 11.1 Å². The molecule has 0 fully saturated rings. The molecule has 0 radical (unpaired) electrons. The predicted octanol–water partition coefficient (Wildman–Crippen LogP) is 4.00. The molecule has 0 unspecified atom stereocenters. The molecule has 0 aliphatic rings. The Morgan fingerprint density at radius 2 is 1.89 bits per heavy atom. The van der Waals surface area contributed by atoms with E-state index in [9.17, 15) is 4.79 Å². The van der Waals surface area contributed by atoms with E-state index >= 15 is 0 Å². The summed E-state index contributed by atoms with van der Waals surface area (Å²) in [4.78, 5) is 15.4. The van der Waals surface area contributed by atoms with E-state index in [0.717, 1.165) is 0 Å². The van der Waals surface area contributed by atoms with Crippen LogP contribution in [0, 0.1) is 0 Å². The van der Waals surface area contributed by atoms with Crippen molar-refractivity contribution in [2.75, 3.05) is 5.32 Å². The highest BCUT2D eigenvalue weighted by Crippen LogP contribution is 2.29. The van der Waals surface area contributed by atoms with Crippen LogP contribution in [-0.2, 0) is 0 Å². The number of pyridine rings is 1. The van der Waals surface area contributed by atoms with Crippen molar-refractivity contribution in [1.29, 1.82) is 0 Å². The van der Waals surface area contributed by atoms with Gasteiger partial charge in [-0.05, 0) is 24.3 Å². The van der Waals surface area contributed by atoms with Crippen LogP contribution in [0.1, 0.15) is 0 Å². The van der Waals surface area contributed by atoms with Crippen LogP contribution in [0.3, 0.4) is 0 Å². The van der Waals surface area contributed by atoms with Gasteiger partial charge < -0.3 is 4.74 Å². The average Bonchev–Trinajstić information content (AvgIpc) is 2.35. The molecular weight excluding hydrogens is 275 g/mol. The molecule has 2 rings (SSSR count). The lowest BCUT2D eigenvalue weighted by atomic mass is 10.3. The largest absolute Gasteiger partial charge is 0.417 e. The molecule has 1 aromatic carbocycles. The molecule has 0 spiro atoms. The zero-order valence-electron chi connectivity index (χ0n) is 9.06. The van der Waals surface area contributed by atoms with Gasteiger partial charge in [0, 0.05) is 6.20 Å². The number of nitrogens with zero attached hydrogens (tertiary/aromatic N) is 1. The predicted molar refractivity (Wildman–Crippen MR) is 70.3 cm³/mol. The van der Waals surface area contributed by atoms with Gasteiger partial charge in [-0.2, -0.15) is 0 Å². The first-order chi connectivity index (χ1) is 8.66. The lowest BCUT2D eigenvalue weighted by molar-refractivity contribution is 0.215. The fraction of sp³-hybridized carbons (Fsp3) is 0. The summed E-state index contributed by atoms with van der Waals surface area (Å²) in [6.45, 7) is 0. The monoisotopic (exact) mass is 282 g/mol. The molecule has 1 heterocycles. The molecule has 0 saturated carbocycles. The molecule has 1 aromatic heterocycles. The van der Waals surface area contributed by atoms with Gasteiger partial charge in [0.1, 0.15) is 0 Å². The minimum atomic E-state index is -0.682. The summed E-state index contributed by atoms with van der Waals surface area (Å²) in [5.41, 5.74) is 0.315. The smallest absolute Gasteiger partial charge is 0.408 e. The summed E-state index contributed by atoms with van der Waals surface area (Å²) in [7, 11) is 0. The molecular formula is C12H8Cl2N2O2. The van der Waals surface area contributed by atoms with Crippen molar-refractivity contribution in [1.82, 2.24) is 4.98 Å². The number of aromatic nitrogens is 1. The topological polar surface area (TPSA) is 51.2 Å². The highest BCUT2D eigenvalue weighted by molar-refractivity contribution is 6.39. The van der Waals surface area contributed by atoms with Gasteiger partial charge in [-0.3, -0.25) is 10.3 Å². The molecule has 0 aliphatic carbocycles. The number of para-hydroxylation sites is 1. The Morgan fingerprint density at radius 3 is 2.50 bits per heavy atom. The fourth-order valence-corrected chi connectivity index (χ4v) is 1.75. The van der Waals surface area contributed by atoms with Crippen LogP contribution in [0.15, 0.2) is 42.7 Å². The van der Waals surface area contributed by atoms with Crippen LogP contribution in [0.4, 0.5) is 10.5 Å². The average molecular weight is 283 g/mol. The van der Waals surface area contributed by atoms with Crippen molar-refractivity contribution in [2.24, 2.45) is 0 Å². The van der Waals surface area contributed by atoms with Gasteiger partial charge >= 0.3 is 6.09 Å². The second kappa shape index (κ2) is 5.71. The molecule has 0 bridgehead atoms. The molecule has 6 heteroatoms. The standard InChI is InChI=1S/C12H8Cl2N2O2/c13-9-4-1-5-10(14)11(9)16-12(17)18-8-3-2-6-15-7-8/h1-7H,(H,16,17). The van der Waals surface area contributed by atoms with Gasteiger partial charge in [-0.1, -0.05) is 29.3 Å². The van der Waals surface area contributed by atoms with E-state index in [1.54, 1.807) is 36.5 Å². The molecule has 1 amide bonds. The van der Waals surface area contributed by atoms with Crippen LogP contribution >= 0.6 is 23.2 Å². The minimum absolute atomic E-state index is 0.315. The van der Waals surface area contributed by atoms with Crippen LogP contribution in [0.2, 0.25) is 10.0 Å². The van der Waals surface area contributed by atoms with Crippen molar-refractivity contribution >= 4 is 35.0 Å². The maximum Gasteiger partial charge on any atom is 0.417 e. The number of carbonyl (C=O) groups is 1. The van der Waals surface area contributed by atoms with Gasteiger partial charge in [0.15, 0.2) is 5.75 Å². The van der Waals surface area contributed by atoms with Crippen LogP contribution in [0.25, 0.3) is 0 Å². The molecule has 18 heavy (non-hydrogen) atoms. The van der Waals surface area contributed by atoms with Crippen LogP contribution in [0.5, 0.6) is 5.75 Å². The summed E-state index contributed by atoms with van der Waals surface area (Å²) >= 11 is 11.8. The number of anilines is 1. The fourth-order valence-electron chi connectivity index (χ4n) is 1.26. The normalized spacial score (nSPS) is 9.89.